The van der Waals surface area contributed by atoms with E-state index in [9.17, 15) is 20.2 Å². The second-order valence-electron chi connectivity index (χ2n) is 4.10. The zero-order valence-corrected chi connectivity index (χ0v) is 10.8. The number of nitro groups is 2. The molecule has 2 aromatic carbocycles. The molecule has 7 heteroatoms. The minimum atomic E-state index is -1.07. The molecule has 7 nitrogen and oxygen atoms in total. The van der Waals surface area contributed by atoms with Crippen LogP contribution in [0.1, 0.15) is 11.1 Å². The van der Waals surface area contributed by atoms with Gasteiger partial charge in [0, 0.05) is 0 Å². The van der Waals surface area contributed by atoms with Gasteiger partial charge < -0.3 is 0 Å². The summed E-state index contributed by atoms with van der Waals surface area (Å²) >= 11 is 0. The largest absolute Gasteiger partial charge is 0.230 e. The van der Waals surface area contributed by atoms with Gasteiger partial charge in [-0.2, -0.15) is 0 Å². The maximum absolute atomic E-state index is 10.6. The molecule has 0 spiro atoms. The normalized spacial score (nSPS) is 10.5. The Morgan fingerprint density at radius 1 is 0.762 bits per heavy atom. The van der Waals surface area contributed by atoms with Crippen molar-refractivity contribution in [3.8, 4) is 0 Å². The molecule has 106 valence electrons. The van der Waals surface area contributed by atoms with Crippen molar-refractivity contribution in [2.24, 2.45) is 0 Å². The van der Waals surface area contributed by atoms with Crippen molar-refractivity contribution < 1.29 is 10.1 Å². The summed E-state index contributed by atoms with van der Waals surface area (Å²) in [5.41, 5.74) is 1.69. The van der Waals surface area contributed by atoms with E-state index in [2.05, 4.69) is 0 Å². The molecule has 0 aliphatic heterocycles. The van der Waals surface area contributed by atoms with E-state index < -0.39 is 10.1 Å². The molecule has 0 aliphatic rings. The number of hydrazine groups is 2. The molecular formula is C14H11N3O4. The molecule has 0 aromatic heterocycles. The van der Waals surface area contributed by atoms with Crippen LogP contribution >= 0.6 is 0 Å². The van der Waals surface area contributed by atoms with Crippen molar-refractivity contribution in [3.05, 3.63) is 86.0 Å². The summed E-state index contributed by atoms with van der Waals surface area (Å²) in [6.07, 6.45) is 3.70. The van der Waals surface area contributed by atoms with E-state index in [1.165, 1.54) is 12.1 Å². The summed E-state index contributed by atoms with van der Waals surface area (Å²) in [6.45, 7) is 0. The van der Waals surface area contributed by atoms with Crippen LogP contribution in [-0.2, 0) is 0 Å². The van der Waals surface area contributed by atoms with Gasteiger partial charge in [-0.05, 0) is 23.3 Å². The molecule has 0 unspecified atom stereocenters. The zero-order chi connectivity index (χ0) is 15.2. The topological polar surface area (TPSA) is 89.5 Å². The first-order valence-corrected chi connectivity index (χ1v) is 6.00. The number of nitrogens with zero attached hydrogens (tertiary/aromatic N) is 3. The molecule has 2 aromatic rings. The lowest BCUT2D eigenvalue weighted by Crippen LogP contribution is -2.35. The second kappa shape index (κ2) is 6.29. The molecular weight excluding hydrogens is 274 g/mol. The predicted octanol–water partition coefficient (Wildman–Crippen LogP) is 3.05. The molecule has 0 N–H and O–H groups in total. The van der Waals surface area contributed by atoms with E-state index in [1.54, 1.807) is 12.1 Å². The number of rotatable bonds is 5. The van der Waals surface area contributed by atoms with Crippen molar-refractivity contribution in [1.82, 2.24) is 0 Å². The van der Waals surface area contributed by atoms with Gasteiger partial charge in [-0.3, -0.25) is 0 Å². The summed E-state index contributed by atoms with van der Waals surface area (Å²) in [6, 6.07) is 15.4. The van der Waals surface area contributed by atoms with E-state index in [4.69, 9.17) is 0 Å². The third kappa shape index (κ3) is 3.63. The van der Waals surface area contributed by atoms with Crippen molar-refractivity contribution in [1.29, 1.82) is 0 Å². The highest BCUT2D eigenvalue weighted by Gasteiger charge is 2.29. The maximum atomic E-state index is 10.6. The van der Waals surface area contributed by atoms with Crippen molar-refractivity contribution in [2.45, 2.75) is 0 Å². The monoisotopic (exact) mass is 285 g/mol. The lowest BCUT2D eigenvalue weighted by molar-refractivity contribution is -0.711. The van der Waals surface area contributed by atoms with Crippen LogP contribution in [0.2, 0.25) is 0 Å². The first-order valence-electron chi connectivity index (χ1n) is 6.00. The van der Waals surface area contributed by atoms with E-state index in [0.29, 0.717) is 0 Å². The fourth-order valence-electron chi connectivity index (χ4n) is 1.72. The fraction of sp³-hybridized carbons (Fsp3) is 0. The Morgan fingerprint density at radius 3 is 1.71 bits per heavy atom. The van der Waals surface area contributed by atoms with Gasteiger partial charge >= 0.3 is 0 Å². The van der Waals surface area contributed by atoms with Gasteiger partial charge in [-0.1, -0.05) is 54.6 Å². The molecule has 0 amide bonds. The first kappa shape index (κ1) is 14.2. The Labute approximate surface area is 120 Å². The quantitative estimate of drug-likeness (QED) is 0.478. The first-order chi connectivity index (χ1) is 10.1. The molecule has 0 heterocycles. The molecule has 0 fully saturated rings. The smallest absolute Gasteiger partial charge is 0.228 e. The van der Waals surface area contributed by atoms with E-state index >= 15 is 0 Å². The number of hydrogen-bond acceptors (Lipinski definition) is 4. The standard InChI is InChI=1S/C14H11N3O4/c18-16(19)15(17(20)21)14-10-8-13(9-11-14)7-6-12-4-2-1-3-5-12/h1-11H/b7-6+. The van der Waals surface area contributed by atoms with Gasteiger partial charge in [0.15, 0.2) is 10.8 Å². The SMILES string of the molecule is O=[N+]([O-])N(c1ccc(/C=C/c2ccccc2)cc1)[N+](=O)[O-]. The predicted molar refractivity (Wildman–Crippen MR) is 78.3 cm³/mol. The summed E-state index contributed by atoms with van der Waals surface area (Å²) in [7, 11) is 0. The van der Waals surface area contributed by atoms with Gasteiger partial charge in [0.2, 0.25) is 10.1 Å². The number of benzene rings is 2. The van der Waals surface area contributed by atoms with Crippen LogP contribution < -0.4 is 5.12 Å². The second-order valence-corrected chi connectivity index (χ2v) is 4.10. The van der Waals surface area contributed by atoms with Crippen LogP contribution in [0.25, 0.3) is 12.2 Å². The minimum Gasteiger partial charge on any atom is -0.230 e. The van der Waals surface area contributed by atoms with Crippen molar-refractivity contribution in [3.63, 3.8) is 0 Å². The zero-order valence-electron chi connectivity index (χ0n) is 10.8. The highest BCUT2D eigenvalue weighted by Crippen LogP contribution is 2.17. The average Bonchev–Trinajstić information content (AvgIpc) is 2.47. The molecule has 0 saturated heterocycles. The van der Waals surface area contributed by atoms with E-state index in [0.717, 1.165) is 11.1 Å². The number of anilines is 1. The Bertz CT molecular complexity index is 654. The van der Waals surface area contributed by atoms with Crippen molar-refractivity contribution >= 4 is 17.8 Å². The maximum Gasteiger partial charge on any atom is 0.228 e. The Morgan fingerprint density at radius 2 is 1.24 bits per heavy atom. The summed E-state index contributed by atoms with van der Waals surface area (Å²) in [5.74, 6) is 0. The minimum absolute atomic E-state index is 0.109. The average molecular weight is 285 g/mol. The lowest BCUT2D eigenvalue weighted by Gasteiger charge is -2.03. The Balaban J connectivity index is 2.17. The summed E-state index contributed by atoms with van der Waals surface area (Å²) < 4.78 is 0. The van der Waals surface area contributed by atoms with E-state index in [-0.39, 0.29) is 10.8 Å². The molecule has 2 rings (SSSR count). The Kier molecular flexibility index (Phi) is 4.25. The van der Waals surface area contributed by atoms with Crippen LogP contribution in [0, 0.1) is 20.2 Å². The van der Waals surface area contributed by atoms with Gasteiger partial charge in [0.05, 0.1) is 0 Å². The van der Waals surface area contributed by atoms with Crippen LogP contribution in [0.4, 0.5) is 5.69 Å². The molecule has 0 saturated carbocycles. The number of hydrogen-bond donors (Lipinski definition) is 0. The fourth-order valence-corrected chi connectivity index (χ4v) is 1.72. The van der Waals surface area contributed by atoms with Gasteiger partial charge in [0.1, 0.15) is 0 Å². The highest BCUT2D eigenvalue weighted by atomic mass is 16.8. The van der Waals surface area contributed by atoms with Gasteiger partial charge in [-0.15, -0.1) is 0 Å². The van der Waals surface area contributed by atoms with Gasteiger partial charge in [0.25, 0.3) is 0 Å². The molecule has 21 heavy (non-hydrogen) atoms. The van der Waals surface area contributed by atoms with Gasteiger partial charge in [-0.25, -0.2) is 20.2 Å². The lowest BCUT2D eigenvalue weighted by atomic mass is 10.1. The Hall–Kier alpha value is -3.22. The van der Waals surface area contributed by atoms with E-state index in [1.807, 2.05) is 42.5 Å². The van der Waals surface area contributed by atoms with Crippen LogP contribution in [0.15, 0.2) is 54.6 Å². The third-order valence-electron chi connectivity index (χ3n) is 2.70. The van der Waals surface area contributed by atoms with Crippen molar-refractivity contribution in [2.75, 3.05) is 5.12 Å². The van der Waals surface area contributed by atoms with Crippen LogP contribution in [-0.4, -0.2) is 10.1 Å². The highest BCUT2D eigenvalue weighted by molar-refractivity contribution is 5.70. The van der Waals surface area contributed by atoms with Crippen LogP contribution in [0.5, 0.6) is 0 Å². The molecule has 0 radical (unpaired) electrons. The molecule has 0 bridgehead atoms. The third-order valence-corrected chi connectivity index (χ3v) is 2.70. The summed E-state index contributed by atoms with van der Waals surface area (Å²) in [5, 5.41) is 19.0. The molecule has 0 atom stereocenters. The van der Waals surface area contributed by atoms with Crippen LogP contribution in [0.3, 0.4) is 0 Å². The molecule has 0 aliphatic carbocycles. The summed E-state index contributed by atoms with van der Waals surface area (Å²) in [4.78, 5) is 21.2.